The second-order valence-corrected chi connectivity index (χ2v) is 5.74. The van der Waals surface area contributed by atoms with E-state index in [1.165, 1.54) is 0 Å². The summed E-state index contributed by atoms with van der Waals surface area (Å²) in [7, 11) is 2.13. The Labute approximate surface area is 107 Å². The number of rotatable bonds is 5. The Kier molecular flexibility index (Phi) is 4.56. The van der Waals surface area contributed by atoms with E-state index in [0.29, 0.717) is 6.04 Å². The normalized spacial score (nSPS) is 12.8. The summed E-state index contributed by atoms with van der Waals surface area (Å²) in [6.45, 7) is 9.62. The maximum Gasteiger partial charge on any atom is 0.0764 e. The lowest BCUT2D eigenvalue weighted by molar-refractivity contribution is 0.171. The van der Waals surface area contributed by atoms with Crippen molar-refractivity contribution >= 4 is 15.9 Å². The van der Waals surface area contributed by atoms with Gasteiger partial charge in [-0.05, 0) is 40.8 Å². The van der Waals surface area contributed by atoms with Crippen LogP contribution in [0.2, 0.25) is 0 Å². The van der Waals surface area contributed by atoms with E-state index < -0.39 is 0 Å². The predicted octanol–water partition coefficient (Wildman–Crippen LogP) is 3.07. The van der Waals surface area contributed by atoms with Crippen molar-refractivity contribution in [2.24, 2.45) is 0 Å². The lowest BCUT2D eigenvalue weighted by Gasteiger charge is -2.33. The predicted molar refractivity (Wildman–Crippen MR) is 72.0 cm³/mol. The third kappa shape index (κ3) is 3.32. The minimum Gasteiger partial charge on any atom is -0.295 e. The number of aromatic nitrogens is 2. The molecular weight excluding hydrogens is 266 g/mol. The third-order valence-corrected chi connectivity index (χ3v) is 4.32. The summed E-state index contributed by atoms with van der Waals surface area (Å²) in [5.41, 5.74) is 1.28. The molecule has 0 radical (unpaired) electrons. The first-order valence-corrected chi connectivity index (χ1v) is 6.80. The van der Waals surface area contributed by atoms with Gasteiger partial charge in [-0.2, -0.15) is 5.10 Å². The van der Waals surface area contributed by atoms with Gasteiger partial charge in [0, 0.05) is 29.7 Å². The second kappa shape index (κ2) is 5.32. The highest BCUT2D eigenvalue weighted by Gasteiger charge is 2.22. The molecule has 3 nitrogen and oxygen atoms in total. The van der Waals surface area contributed by atoms with Crippen LogP contribution in [-0.2, 0) is 6.54 Å². The van der Waals surface area contributed by atoms with Gasteiger partial charge in [-0.15, -0.1) is 0 Å². The first kappa shape index (κ1) is 13.7. The lowest BCUT2D eigenvalue weighted by Crippen LogP contribution is -2.42. The first-order chi connectivity index (χ1) is 7.36. The Morgan fingerprint density at radius 3 is 2.56 bits per heavy atom. The van der Waals surface area contributed by atoms with Crippen molar-refractivity contribution in [1.29, 1.82) is 0 Å². The molecule has 0 amide bonds. The van der Waals surface area contributed by atoms with Gasteiger partial charge in [0.2, 0.25) is 0 Å². The van der Waals surface area contributed by atoms with Gasteiger partial charge in [0.1, 0.15) is 0 Å². The SMILES string of the molecule is CC(C)n1ccc(CN(C)C(C)(C)CBr)n1. The van der Waals surface area contributed by atoms with Crippen LogP contribution in [-0.4, -0.2) is 32.6 Å². The van der Waals surface area contributed by atoms with E-state index in [2.05, 4.69) is 72.9 Å². The molecule has 0 aliphatic rings. The summed E-state index contributed by atoms with van der Waals surface area (Å²) < 4.78 is 2.00. The molecular formula is C12H22BrN3. The molecule has 4 heteroatoms. The summed E-state index contributed by atoms with van der Waals surface area (Å²) >= 11 is 3.55. The zero-order valence-electron chi connectivity index (χ0n) is 10.9. The van der Waals surface area contributed by atoms with Crippen molar-refractivity contribution in [3.63, 3.8) is 0 Å². The summed E-state index contributed by atoms with van der Waals surface area (Å²) in [6.07, 6.45) is 2.05. The summed E-state index contributed by atoms with van der Waals surface area (Å²) in [4.78, 5) is 2.31. The number of hydrogen-bond acceptors (Lipinski definition) is 2. The van der Waals surface area contributed by atoms with Crippen LogP contribution in [0.3, 0.4) is 0 Å². The third-order valence-electron chi connectivity index (χ3n) is 2.95. The molecule has 0 atom stereocenters. The van der Waals surface area contributed by atoms with Gasteiger partial charge < -0.3 is 0 Å². The summed E-state index contributed by atoms with van der Waals surface area (Å²) in [5.74, 6) is 0. The first-order valence-electron chi connectivity index (χ1n) is 5.68. The fourth-order valence-electron chi connectivity index (χ4n) is 1.31. The van der Waals surface area contributed by atoms with E-state index in [1.807, 2.05) is 4.68 Å². The highest BCUT2D eigenvalue weighted by atomic mass is 79.9. The Bertz CT molecular complexity index is 331. The highest BCUT2D eigenvalue weighted by molar-refractivity contribution is 9.09. The summed E-state index contributed by atoms with van der Waals surface area (Å²) in [6, 6.07) is 2.53. The zero-order chi connectivity index (χ0) is 12.3. The molecule has 92 valence electrons. The van der Waals surface area contributed by atoms with Crippen molar-refractivity contribution in [2.75, 3.05) is 12.4 Å². The van der Waals surface area contributed by atoms with Crippen LogP contribution < -0.4 is 0 Å². The molecule has 0 saturated carbocycles. The molecule has 0 aromatic carbocycles. The van der Waals surface area contributed by atoms with E-state index in [0.717, 1.165) is 17.6 Å². The molecule has 0 N–H and O–H groups in total. The Morgan fingerprint density at radius 2 is 2.12 bits per heavy atom. The smallest absolute Gasteiger partial charge is 0.0764 e. The lowest BCUT2D eigenvalue weighted by atomic mass is 10.1. The van der Waals surface area contributed by atoms with Gasteiger partial charge in [0.05, 0.1) is 5.69 Å². The van der Waals surface area contributed by atoms with Crippen molar-refractivity contribution in [2.45, 2.75) is 45.8 Å². The molecule has 1 aromatic rings. The van der Waals surface area contributed by atoms with Crippen molar-refractivity contribution in [3.8, 4) is 0 Å². The minimum absolute atomic E-state index is 0.154. The second-order valence-electron chi connectivity index (χ2n) is 5.18. The quantitative estimate of drug-likeness (QED) is 0.776. The van der Waals surface area contributed by atoms with Crippen LogP contribution in [0.25, 0.3) is 0 Å². The molecule has 0 fully saturated rings. The Morgan fingerprint density at radius 1 is 1.50 bits per heavy atom. The van der Waals surface area contributed by atoms with E-state index >= 15 is 0 Å². The largest absolute Gasteiger partial charge is 0.295 e. The van der Waals surface area contributed by atoms with Crippen LogP contribution in [0.1, 0.15) is 39.4 Å². The maximum atomic E-state index is 4.56. The number of halogens is 1. The average Bonchev–Trinajstić information content (AvgIpc) is 2.66. The van der Waals surface area contributed by atoms with Gasteiger partial charge in [0.15, 0.2) is 0 Å². The zero-order valence-corrected chi connectivity index (χ0v) is 12.5. The van der Waals surface area contributed by atoms with E-state index in [1.54, 1.807) is 0 Å². The molecule has 0 unspecified atom stereocenters. The molecule has 0 bridgehead atoms. The summed E-state index contributed by atoms with van der Waals surface area (Å²) in [5, 5.41) is 5.52. The average molecular weight is 288 g/mol. The molecule has 1 rings (SSSR count). The van der Waals surface area contributed by atoms with Gasteiger partial charge in [-0.3, -0.25) is 9.58 Å². The standard InChI is InChI=1S/C12H22BrN3/c1-10(2)16-7-6-11(14-16)8-15(5)12(3,4)9-13/h6-7,10H,8-9H2,1-5H3. The van der Waals surface area contributed by atoms with E-state index in [-0.39, 0.29) is 5.54 Å². The van der Waals surface area contributed by atoms with Crippen molar-refractivity contribution in [1.82, 2.24) is 14.7 Å². The maximum absolute atomic E-state index is 4.56. The molecule has 0 saturated heterocycles. The minimum atomic E-state index is 0.154. The fraction of sp³-hybridized carbons (Fsp3) is 0.750. The molecule has 0 aliphatic carbocycles. The fourth-order valence-corrected chi connectivity index (χ4v) is 1.74. The van der Waals surface area contributed by atoms with Gasteiger partial charge >= 0.3 is 0 Å². The van der Waals surface area contributed by atoms with Gasteiger partial charge in [0.25, 0.3) is 0 Å². The topological polar surface area (TPSA) is 21.1 Å². The monoisotopic (exact) mass is 287 g/mol. The number of alkyl halides is 1. The van der Waals surface area contributed by atoms with Crippen LogP contribution in [0.5, 0.6) is 0 Å². The Balaban J connectivity index is 2.66. The van der Waals surface area contributed by atoms with Crippen LogP contribution >= 0.6 is 15.9 Å². The van der Waals surface area contributed by atoms with Crippen LogP contribution in [0.15, 0.2) is 12.3 Å². The molecule has 1 aromatic heterocycles. The molecule has 0 spiro atoms. The molecule has 16 heavy (non-hydrogen) atoms. The van der Waals surface area contributed by atoms with Crippen LogP contribution in [0.4, 0.5) is 0 Å². The van der Waals surface area contributed by atoms with Crippen LogP contribution in [0, 0.1) is 0 Å². The van der Waals surface area contributed by atoms with Crippen molar-refractivity contribution in [3.05, 3.63) is 18.0 Å². The number of hydrogen-bond donors (Lipinski definition) is 0. The molecule has 1 heterocycles. The van der Waals surface area contributed by atoms with Crippen molar-refractivity contribution < 1.29 is 0 Å². The Hall–Kier alpha value is -0.350. The highest BCUT2D eigenvalue weighted by Crippen LogP contribution is 2.17. The van der Waals surface area contributed by atoms with E-state index in [4.69, 9.17) is 0 Å². The molecule has 0 aliphatic heterocycles. The number of nitrogens with zero attached hydrogens (tertiary/aromatic N) is 3. The van der Waals surface area contributed by atoms with Gasteiger partial charge in [-0.25, -0.2) is 0 Å². The van der Waals surface area contributed by atoms with Gasteiger partial charge in [-0.1, -0.05) is 15.9 Å². The van der Waals surface area contributed by atoms with E-state index in [9.17, 15) is 0 Å².